The van der Waals surface area contributed by atoms with Gasteiger partial charge < -0.3 is 5.11 Å². The van der Waals surface area contributed by atoms with Gasteiger partial charge in [-0.1, -0.05) is 36.9 Å². The van der Waals surface area contributed by atoms with Crippen molar-refractivity contribution in [1.29, 1.82) is 0 Å². The molecule has 0 aliphatic heterocycles. The quantitative estimate of drug-likeness (QED) is 0.840. The molecule has 8 heteroatoms. The molecule has 0 saturated heterocycles. The summed E-state index contributed by atoms with van der Waals surface area (Å²) in [5.74, 6) is -0.775. The summed E-state index contributed by atoms with van der Waals surface area (Å²) in [6, 6.07) is 3.18. The van der Waals surface area contributed by atoms with Gasteiger partial charge in [0, 0.05) is 5.69 Å². The highest BCUT2D eigenvalue weighted by Gasteiger charge is 2.13. The van der Waals surface area contributed by atoms with Crippen LogP contribution in [0, 0.1) is 0 Å². The van der Waals surface area contributed by atoms with Gasteiger partial charge in [-0.25, -0.2) is 9.78 Å². The summed E-state index contributed by atoms with van der Waals surface area (Å²) in [5, 5.41) is 17.9. The molecule has 20 heavy (non-hydrogen) atoms. The minimum atomic E-state index is -0.946. The molecule has 0 saturated carbocycles. The van der Waals surface area contributed by atoms with Crippen LogP contribution in [0.15, 0.2) is 25.8 Å². The fraction of sp³-hybridized carbons (Fsp3) is 0.333. The summed E-state index contributed by atoms with van der Waals surface area (Å²) in [5.41, 5.74) is 1.02. The zero-order chi connectivity index (χ0) is 14.7. The lowest BCUT2D eigenvalue weighted by atomic mass is 10.1. The predicted octanol–water partition coefficient (Wildman–Crippen LogP) is 3.63. The highest BCUT2D eigenvalue weighted by molar-refractivity contribution is 8.02. The van der Waals surface area contributed by atoms with Gasteiger partial charge in [-0.3, -0.25) is 0 Å². The SMILES string of the molecule is CSc1nnc(Sc2cc(C(=O)O)cc(C(C)C)n2)s1. The number of carbonyl (C=O) groups is 1. The minimum Gasteiger partial charge on any atom is -0.478 e. The molecule has 2 aromatic rings. The third-order valence-corrected chi connectivity index (χ3v) is 5.28. The lowest BCUT2D eigenvalue weighted by Crippen LogP contribution is -2.02. The van der Waals surface area contributed by atoms with Crippen LogP contribution < -0.4 is 0 Å². The molecule has 0 aliphatic rings. The summed E-state index contributed by atoms with van der Waals surface area (Å²) in [6.07, 6.45) is 1.94. The van der Waals surface area contributed by atoms with Crippen molar-refractivity contribution in [3.8, 4) is 0 Å². The van der Waals surface area contributed by atoms with E-state index in [2.05, 4.69) is 15.2 Å². The largest absolute Gasteiger partial charge is 0.478 e. The van der Waals surface area contributed by atoms with Crippen molar-refractivity contribution in [2.24, 2.45) is 0 Å². The number of thioether (sulfide) groups is 1. The van der Waals surface area contributed by atoms with E-state index in [1.54, 1.807) is 12.1 Å². The Labute approximate surface area is 129 Å². The number of hydrogen-bond acceptors (Lipinski definition) is 7. The molecule has 0 aliphatic carbocycles. The zero-order valence-electron chi connectivity index (χ0n) is 11.2. The predicted molar refractivity (Wildman–Crippen MR) is 81.1 cm³/mol. The van der Waals surface area contributed by atoms with E-state index in [1.165, 1.54) is 34.9 Å². The van der Waals surface area contributed by atoms with E-state index in [9.17, 15) is 4.79 Å². The number of carboxylic acids is 1. The summed E-state index contributed by atoms with van der Waals surface area (Å²) in [6.45, 7) is 3.97. The van der Waals surface area contributed by atoms with E-state index < -0.39 is 5.97 Å². The molecule has 0 unspecified atom stereocenters. The molecule has 2 aromatic heterocycles. The van der Waals surface area contributed by atoms with Crippen LogP contribution >= 0.6 is 34.9 Å². The van der Waals surface area contributed by atoms with E-state index in [4.69, 9.17) is 5.11 Å². The summed E-state index contributed by atoms with van der Waals surface area (Å²) in [4.78, 5) is 15.6. The van der Waals surface area contributed by atoms with Crippen molar-refractivity contribution in [2.75, 3.05) is 6.26 Å². The van der Waals surface area contributed by atoms with Gasteiger partial charge in [-0.2, -0.15) is 0 Å². The minimum absolute atomic E-state index is 0.171. The highest BCUT2D eigenvalue weighted by Crippen LogP contribution is 2.33. The van der Waals surface area contributed by atoms with Gasteiger partial charge in [-0.05, 0) is 36.1 Å². The first-order chi connectivity index (χ1) is 9.49. The van der Waals surface area contributed by atoms with Crippen LogP contribution in [0.2, 0.25) is 0 Å². The maximum atomic E-state index is 11.2. The van der Waals surface area contributed by atoms with Crippen LogP contribution in [0.1, 0.15) is 35.8 Å². The molecule has 0 amide bonds. The molecule has 2 heterocycles. The van der Waals surface area contributed by atoms with Crippen LogP contribution in [0.4, 0.5) is 0 Å². The monoisotopic (exact) mass is 327 g/mol. The topological polar surface area (TPSA) is 76.0 Å². The van der Waals surface area contributed by atoms with E-state index in [-0.39, 0.29) is 11.5 Å². The number of hydrogen-bond donors (Lipinski definition) is 1. The third-order valence-electron chi connectivity index (χ3n) is 2.41. The molecule has 0 fully saturated rings. The number of aromatic carboxylic acids is 1. The number of aromatic nitrogens is 3. The fourth-order valence-corrected chi connectivity index (χ4v) is 3.83. The molecule has 5 nitrogen and oxygen atoms in total. The Hall–Kier alpha value is -1.12. The smallest absolute Gasteiger partial charge is 0.335 e. The molecule has 0 atom stereocenters. The number of nitrogens with zero attached hydrogens (tertiary/aromatic N) is 3. The van der Waals surface area contributed by atoms with Crippen LogP contribution in [-0.2, 0) is 0 Å². The van der Waals surface area contributed by atoms with Crippen molar-refractivity contribution in [1.82, 2.24) is 15.2 Å². The second kappa shape index (κ2) is 6.55. The Bertz CT molecular complexity index is 628. The highest BCUT2D eigenvalue weighted by atomic mass is 32.2. The Morgan fingerprint density at radius 2 is 2.00 bits per heavy atom. The number of pyridine rings is 1. The van der Waals surface area contributed by atoms with Crippen molar-refractivity contribution in [3.63, 3.8) is 0 Å². The van der Waals surface area contributed by atoms with E-state index in [0.29, 0.717) is 5.03 Å². The van der Waals surface area contributed by atoms with Gasteiger partial charge in [0.25, 0.3) is 0 Å². The Balaban J connectivity index is 2.32. The molecular formula is C12H13N3O2S3. The normalized spacial score (nSPS) is 11.0. The van der Waals surface area contributed by atoms with Crippen molar-refractivity contribution in [3.05, 3.63) is 23.4 Å². The van der Waals surface area contributed by atoms with Gasteiger partial charge in [0.2, 0.25) is 0 Å². The van der Waals surface area contributed by atoms with E-state index >= 15 is 0 Å². The standard InChI is InChI=1S/C12H13N3O2S3/c1-6(2)8-4-7(10(16)17)5-9(13-8)19-12-15-14-11(18-3)20-12/h4-6H,1-3H3,(H,16,17). The molecule has 0 radical (unpaired) electrons. The molecule has 1 N–H and O–H groups in total. The van der Waals surface area contributed by atoms with E-state index in [1.807, 2.05) is 20.1 Å². The third kappa shape index (κ3) is 3.71. The maximum Gasteiger partial charge on any atom is 0.335 e. The van der Waals surface area contributed by atoms with Crippen molar-refractivity contribution in [2.45, 2.75) is 33.5 Å². The second-order valence-corrected chi connectivity index (χ2v) is 7.52. The lowest BCUT2D eigenvalue weighted by molar-refractivity contribution is 0.0696. The first-order valence-corrected chi connectivity index (χ1v) is 8.66. The number of rotatable bonds is 5. The Morgan fingerprint density at radius 1 is 1.30 bits per heavy atom. The molecule has 0 spiro atoms. The average molecular weight is 327 g/mol. The molecule has 106 valence electrons. The van der Waals surface area contributed by atoms with Crippen molar-refractivity contribution >= 4 is 40.8 Å². The maximum absolute atomic E-state index is 11.2. The van der Waals surface area contributed by atoms with Gasteiger partial charge in [0.1, 0.15) is 5.03 Å². The summed E-state index contributed by atoms with van der Waals surface area (Å²) < 4.78 is 1.64. The second-order valence-electron chi connectivity index (χ2n) is 4.22. The van der Waals surface area contributed by atoms with Crippen LogP contribution in [-0.4, -0.2) is 32.5 Å². The summed E-state index contributed by atoms with van der Waals surface area (Å²) in [7, 11) is 0. The molecule has 0 aromatic carbocycles. The Morgan fingerprint density at radius 3 is 2.55 bits per heavy atom. The van der Waals surface area contributed by atoms with Crippen LogP contribution in [0.25, 0.3) is 0 Å². The zero-order valence-corrected chi connectivity index (χ0v) is 13.6. The first-order valence-electron chi connectivity index (χ1n) is 5.80. The summed E-state index contributed by atoms with van der Waals surface area (Å²) >= 11 is 4.35. The fourth-order valence-electron chi connectivity index (χ4n) is 1.41. The van der Waals surface area contributed by atoms with Gasteiger partial charge in [0.15, 0.2) is 8.68 Å². The number of carboxylic acid groups (broad SMARTS) is 1. The van der Waals surface area contributed by atoms with Gasteiger partial charge in [0.05, 0.1) is 5.56 Å². The van der Waals surface area contributed by atoms with Crippen LogP contribution in [0.3, 0.4) is 0 Å². The van der Waals surface area contributed by atoms with Crippen molar-refractivity contribution < 1.29 is 9.90 Å². The molecular weight excluding hydrogens is 314 g/mol. The molecule has 0 bridgehead atoms. The molecule has 2 rings (SSSR count). The van der Waals surface area contributed by atoms with Crippen LogP contribution in [0.5, 0.6) is 0 Å². The lowest BCUT2D eigenvalue weighted by Gasteiger charge is -2.08. The first kappa shape index (κ1) is 15.3. The van der Waals surface area contributed by atoms with E-state index in [0.717, 1.165) is 14.4 Å². The van der Waals surface area contributed by atoms with Gasteiger partial charge >= 0.3 is 5.97 Å². The Kier molecular flexibility index (Phi) is 5.00. The average Bonchev–Trinajstić information content (AvgIpc) is 2.85. The van der Waals surface area contributed by atoms with Gasteiger partial charge in [-0.15, -0.1) is 10.2 Å².